The predicted octanol–water partition coefficient (Wildman–Crippen LogP) is 4.46. The standard InChI is InChI=1S/C27H34N4O3S/c1-26(2)9-10-27(3,4)19-13-17(5-6-18(19)26)21-15-35-23(28-21)16-7-11-31(12-8-16)24(33)20-14-22(32)30-25(34)29-20/h5-6,13,15-16,20H,7-12,14H2,1-4H3,(H2,29,30,32,34). The predicted molar refractivity (Wildman–Crippen MR) is 136 cm³/mol. The number of rotatable bonds is 3. The van der Waals surface area contributed by atoms with E-state index in [0.717, 1.165) is 23.5 Å². The third-order valence-electron chi connectivity index (χ3n) is 8.07. The molecule has 7 nitrogen and oxygen atoms in total. The van der Waals surface area contributed by atoms with Gasteiger partial charge in [-0.05, 0) is 53.7 Å². The molecular weight excluding hydrogens is 460 g/mol. The lowest BCUT2D eigenvalue weighted by Crippen LogP contribution is -2.58. The SMILES string of the molecule is CC1(C)CCC(C)(C)c2cc(-c3csc(C4CCN(C(=O)C5CC(=O)NC(=O)N5)CC4)n3)ccc21. The first-order valence-electron chi connectivity index (χ1n) is 12.5. The van der Waals surface area contributed by atoms with Gasteiger partial charge in [-0.15, -0.1) is 11.3 Å². The Balaban J connectivity index is 1.27. The topological polar surface area (TPSA) is 91.4 Å². The number of imide groups is 1. The number of thiazole rings is 1. The van der Waals surface area contributed by atoms with E-state index >= 15 is 0 Å². The molecule has 3 heterocycles. The molecule has 1 aromatic heterocycles. The molecule has 1 aliphatic carbocycles. The Morgan fingerprint density at radius 3 is 2.43 bits per heavy atom. The Kier molecular flexibility index (Phi) is 5.98. The highest BCUT2D eigenvalue weighted by molar-refractivity contribution is 7.10. The number of carbonyl (C=O) groups is 3. The molecule has 2 aromatic rings. The Bertz CT molecular complexity index is 1160. The van der Waals surface area contributed by atoms with E-state index in [2.05, 4.69) is 61.9 Å². The summed E-state index contributed by atoms with van der Waals surface area (Å²) in [6, 6.07) is 5.51. The number of carbonyl (C=O) groups excluding carboxylic acids is 3. The monoisotopic (exact) mass is 494 g/mol. The van der Waals surface area contributed by atoms with Gasteiger partial charge in [0.15, 0.2) is 0 Å². The van der Waals surface area contributed by atoms with Gasteiger partial charge in [-0.2, -0.15) is 0 Å². The summed E-state index contributed by atoms with van der Waals surface area (Å²) < 4.78 is 0. The van der Waals surface area contributed by atoms with Gasteiger partial charge in [0.05, 0.1) is 17.1 Å². The van der Waals surface area contributed by atoms with Crippen LogP contribution in [0.5, 0.6) is 0 Å². The van der Waals surface area contributed by atoms with Crippen LogP contribution in [0.1, 0.15) is 81.9 Å². The number of amides is 4. The van der Waals surface area contributed by atoms with Gasteiger partial charge in [0.1, 0.15) is 6.04 Å². The molecule has 2 N–H and O–H groups in total. The highest BCUT2D eigenvalue weighted by Crippen LogP contribution is 2.47. The summed E-state index contributed by atoms with van der Waals surface area (Å²) in [6.45, 7) is 10.6. The van der Waals surface area contributed by atoms with E-state index in [-0.39, 0.29) is 23.2 Å². The minimum atomic E-state index is -0.766. The molecule has 186 valence electrons. The van der Waals surface area contributed by atoms with Gasteiger partial charge in [0.2, 0.25) is 11.8 Å². The maximum atomic E-state index is 12.8. The van der Waals surface area contributed by atoms with Crippen LogP contribution in [-0.4, -0.2) is 46.9 Å². The van der Waals surface area contributed by atoms with Crippen LogP contribution in [0, 0.1) is 0 Å². The molecule has 8 heteroatoms. The Labute approximate surface area is 210 Å². The number of benzene rings is 1. The molecule has 0 radical (unpaired) electrons. The molecular formula is C27H34N4O3S. The van der Waals surface area contributed by atoms with Crippen molar-refractivity contribution >= 4 is 29.2 Å². The second-order valence-corrected chi connectivity index (χ2v) is 12.4. The van der Waals surface area contributed by atoms with Crippen molar-refractivity contribution in [3.63, 3.8) is 0 Å². The van der Waals surface area contributed by atoms with Gasteiger partial charge in [0.25, 0.3) is 0 Å². The van der Waals surface area contributed by atoms with Crippen LogP contribution in [0.4, 0.5) is 4.79 Å². The smallest absolute Gasteiger partial charge is 0.322 e. The fourth-order valence-corrected chi connectivity index (χ4v) is 6.68. The number of hydrogen-bond donors (Lipinski definition) is 2. The lowest BCUT2D eigenvalue weighted by atomic mass is 9.63. The van der Waals surface area contributed by atoms with Crippen LogP contribution in [0.25, 0.3) is 11.3 Å². The summed E-state index contributed by atoms with van der Waals surface area (Å²) >= 11 is 1.70. The zero-order valence-corrected chi connectivity index (χ0v) is 21.8. The molecule has 0 spiro atoms. The van der Waals surface area contributed by atoms with E-state index in [0.29, 0.717) is 19.0 Å². The number of likely N-dealkylation sites (tertiary alicyclic amines) is 1. The molecule has 2 fully saturated rings. The molecule has 1 aromatic carbocycles. The molecule has 0 bridgehead atoms. The van der Waals surface area contributed by atoms with E-state index in [1.54, 1.807) is 16.2 Å². The van der Waals surface area contributed by atoms with E-state index in [4.69, 9.17) is 4.98 Å². The fourth-order valence-electron chi connectivity index (χ4n) is 5.68. The maximum Gasteiger partial charge on any atom is 0.322 e. The largest absolute Gasteiger partial charge is 0.341 e. The third-order valence-corrected chi connectivity index (χ3v) is 9.08. The van der Waals surface area contributed by atoms with Crippen molar-refractivity contribution in [2.45, 2.75) is 82.6 Å². The quantitative estimate of drug-likeness (QED) is 0.659. The van der Waals surface area contributed by atoms with Gasteiger partial charge in [-0.1, -0.05) is 39.8 Å². The molecule has 3 aliphatic rings. The molecule has 2 aliphatic heterocycles. The van der Waals surface area contributed by atoms with E-state index in [1.165, 1.54) is 29.5 Å². The highest BCUT2D eigenvalue weighted by Gasteiger charge is 2.37. The first kappa shape index (κ1) is 24.0. The van der Waals surface area contributed by atoms with Crippen LogP contribution >= 0.6 is 11.3 Å². The van der Waals surface area contributed by atoms with Crippen molar-refractivity contribution in [1.82, 2.24) is 20.5 Å². The number of nitrogens with one attached hydrogen (secondary N) is 2. The zero-order valence-electron chi connectivity index (χ0n) is 20.9. The van der Waals surface area contributed by atoms with E-state index in [9.17, 15) is 14.4 Å². The Morgan fingerprint density at radius 1 is 1.06 bits per heavy atom. The number of nitrogens with zero attached hydrogens (tertiary/aromatic N) is 2. The maximum absolute atomic E-state index is 12.8. The van der Waals surface area contributed by atoms with Gasteiger partial charge < -0.3 is 10.2 Å². The summed E-state index contributed by atoms with van der Waals surface area (Å²) in [5, 5.41) is 8.02. The lowest BCUT2D eigenvalue weighted by Gasteiger charge is -2.42. The highest BCUT2D eigenvalue weighted by atomic mass is 32.1. The molecule has 0 saturated carbocycles. The summed E-state index contributed by atoms with van der Waals surface area (Å²) in [5.41, 5.74) is 5.47. The van der Waals surface area contributed by atoms with Gasteiger partial charge in [-0.25, -0.2) is 9.78 Å². The molecule has 1 atom stereocenters. The number of fused-ring (bicyclic) bond motifs is 1. The number of hydrogen-bond acceptors (Lipinski definition) is 5. The van der Waals surface area contributed by atoms with Gasteiger partial charge >= 0.3 is 6.03 Å². The molecule has 35 heavy (non-hydrogen) atoms. The lowest BCUT2D eigenvalue weighted by molar-refractivity contribution is -0.137. The third kappa shape index (κ3) is 4.60. The first-order chi connectivity index (χ1) is 16.5. The number of aromatic nitrogens is 1. The summed E-state index contributed by atoms with van der Waals surface area (Å²) in [5.74, 6) is -0.271. The Hall–Kier alpha value is -2.74. The van der Waals surface area contributed by atoms with Crippen molar-refractivity contribution in [1.29, 1.82) is 0 Å². The van der Waals surface area contributed by atoms with Gasteiger partial charge in [-0.3, -0.25) is 14.9 Å². The van der Waals surface area contributed by atoms with E-state index in [1.807, 2.05) is 0 Å². The average Bonchev–Trinajstić information content (AvgIpc) is 3.31. The molecule has 1 unspecified atom stereocenters. The number of urea groups is 1. The summed E-state index contributed by atoms with van der Waals surface area (Å²) in [4.78, 5) is 42.8. The minimum Gasteiger partial charge on any atom is -0.341 e. The van der Waals surface area contributed by atoms with Crippen molar-refractivity contribution in [3.8, 4) is 11.3 Å². The zero-order chi connectivity index (χ0) is 25.0. The summed E-state index contributed by atoms with van der Waals surface area (Å²) in [6.07, 6.45) is 4.04. The molecule has 4 amide bonds. The average molecular weight is 495 g/mol. The van der Waals surface area contributed by atoms with Crippen molar-refractivity contribution in [2.24, 2.45) is 0 Å². The van der Waals surface area contributed by atoms with Crippen molar-refractivity contribution in [3.05, 3.63) is 39.7 Å². The fraction of sp³-hybridized carbons (Fsp3) is 0.556. The summed E-state index contributed by atoms with van der Waals surface area (Å²) in [7, 11) is 0. The molecule has 5 rings (SSSR count). The van der Waals surface area contributed by atoms with Crippen LogP contribution in [-0.2, 0) is 20.4 Å². The van der Waals surface area contributed by atoms with Crippen LogP contribution in [0.15, 0.2) is 23.6 Å². The number of piperidine rings is 1. The van der Waals surface area contributed by atoms with Crippen LogP contribution in [0.3, 0.4) is 0 Å². The van der Waals surface area contributed by atoms with Crippen molar-refractivity contribution < 1.29 is 14.4 Å². The van der Waals surface area contributed by atoms with Crippen LogP contribution < -0.4 is 10.6 Å². The van der Waals surface area contributed by atoms with Gasteiger partial charge in [0, 0.05) is 30.0 Å². The Morgan fingerprint density at radius 2 is 1.74 bits per heavy atom. The first-order valence-corrected chi connectivity index (χ1v) is 13.4. The van der Waals surface area contributed by atoms with Crippen molar-refractivity contribution in [2.75, 3.05) is 13.1 Å². The minimum absolute atomic E-state index is 0.00485. The second-order valence-electron chi connectivity index (χ2n) is 11.5. The molecule has 2 saturated heterocycles. The second kappa shape index (κ2) is 8.73. The van der Waals surface area contributed by atoms with Crippen LogP contribution in [0.2, 0.25) is 0 Å². The van der Waals surface area contributed by atoms with E-state index < -0.39 is 18.0 Å². The normalized spacial score (nSPS) is 23.9.